The Morgan fingerprint density at radius 2 is 1.95 bits per heavy atom. The van der Waals surface area contributed by atoms with E-state index in [2.05, 4.69) is 55.3 Å². The lowest BCUT2D eigenvalue weighted by atomic mass is 9.98. The van der Waals surface area contributed by atoms with Crippen LogP contribution in [0.2, 0.25) is 0 Å². The molecule has 0 saturated heterocycles. The van der Waals surface area contributed by atoms with Crippen LogP contribution in [0.15, 0.2) is 24.3 Å². The van der Waals surface area contributed by atoms with E-state index in [1.807, 2.05) is 0 Å². The molecular formula is C17H30N2O. The predicted molar refractivity (Wildman–Crippen MR) is 86.2 cm³/mol. The van der Waals surface area contributed by atoms with Crippen LogP contribution in [-0.2, 0) is 4.74 Å². The molecule has 1 atom stereocenters. The summed E-state index contributed by atoms with van der Waals surface area (Å²) in [5, 5.41) is 3.62. The minimum atomic E-state index is 0.442. The van der Waals surface area contributed by atoms with Crippen molar-refractivity contribution in [2.75, 3.05) is 39.9 Å². The number of nitrogens with zero attached hydrogens (tertiary/aromatic N) is 1. The normalized spacial score (nSPS) is 12.8. The summed E-state index contributed by atoms with van der Waals surface area (Å²) < 4.78 is 5.17. The lowest BCUT2D eigenvalue weighted by Crippen LogP contribution is -2.32. The van der Waals surface area contributed by atoms with E-state index in [1.165, 1.54) is 11.1 Å². The molecule has 0 radical (unpaired) electrons. The van der Waals surface area contributed by atoms with Crippen molar-refractivity contribution in [1.82, 2.24) is 10.2 Å². The molecule has 1 aromatic carbocycles. The number of likely N-dealkylation sites (N-methyl/N-ethyl adjacent to an activating group) is 1. The molecule has 1 unspecified atom stereocenters. The van der Waals surface area contributed by atoms with Gasteiger partial charge < -0.3 is 15.0 Å². The minimum absolute atomic E-state index is 0.442. The Bertz CT molecular complexity index is 368. The highest BCUT2D eigenvalue weighted by Gasteiger charge is 2.13. The number of methoxy groups -OCH3 is 1. The molecular weight excluding hydrogens is 248 g/mol. The highest BCUT2D eigenvalue weighted by molar-refractivity contribution is 5.28. The first-order chi connectivity index (χ1) is 9.72. The second kappa shape index (κ2) is 9.92. The van der Waals surface area contributed by atoms with Crippen LogP contribution in [-0.4, -0.2) is 44.8 Å². The predicted octanol–water partition coefficient (Wildman–Crippen LogP) is 3.00. The zero-order valence-electron chi connectivity index (χ0n) is 13.5. The quantitative estimate of drug-likeness (QED) is 0.712. The van der Waals surface area contributed by atoms with Crippen molar-refractivity contribution in [3.8, 4) is 0 Å². The van der Waals surface area contributed by atoms with Crippen LogP contribution in [0.4, 0.5) is 0 Å². The lowest BCUT2D eigenvalue weighted by molar-refractivity contribution is 0.148. The number of ether oxygens (including phenoxy) is 1. The van der Waals surface area contributed by atoms with Gasteiger partial charge in [-0.05, 0) is 37.6 Å². The van der Waals surface area contributed by atoms with E-state index in [0.29, 0.717) is 6.04 Å². The van der Waals surface area contributed by atoms with E-state index in [0.717, 1.165) is 39.2 Å². The fraction of sp³-hybridized carbons (Fsp3) is 0.647. The first-order valence-corrected chi connectivity index (χ1v) is 7.73. The topological polar surface area (TPSA) is 24.5 Å². The summed E-state index contributed by atoms with van der Waals surface area (Å²) in [6.07, 6.45) is 1.14. The van der Waals surface area contributed by atoms with Gasteiger partial charge in [-0.2, -0.15) is 0 Å². The molecule has 0 fully saturated rings. The van der Waals surface area contributed by atoms with Crippen LogP contribution in [0, 0.1) is 6.92 Å². The van der Waals surface area contributed by atoms with E-state index in [-0.39, 0.29) is 0 Å². The molecule has 0 aromatic heterocycles. The first kappa shape index (κ1) is 17.2. The summed E-state index contributed by atoms with van der Waals surface area (Å²) in [7, 11) is 1.77. The maximum absolute atomic E-state index is 5.17. The Morgan fingerprint density at radius 3 is 2.55 bits per heavy atom. The summed E-state index contributed by atoms with van der Waals surface area (Å²) in [5.74, 6) is 0. The smallest absolute Gasteiger partial charge is 0.0589 e. The van der Waals surface area contributed by atoms with Gasteiger partial charge >= 0.3 is 0 Å². The highest BCUT2D eigenvalue weighted by atomic mass is 16.5. The van der Waals surface area contributed by atoms with Crippen molar-refractivity contribution in [1.29, 1.82) is 0 Å². The fourth-order valence-corrected chi connectivity index (χ4v) is 2.55. The molecule has 0 aliphatic heterocycles. The molecule has 0 amide bonds. The van der Waals surface area contributed by atoms with Gasteiger partial charge in [0.05, 0.1) is 6.61 Å². The SMILES string of the molecule is CCNC(CCN(CC)CCOC)c1ccccc1C. The van der Waals surface area contributed by atoms with E-state index in [9.17, 15) is 0 Å². The molecule has 114 valence electrons. The number of aryl methyl sites for hydroxylation is 1. The Hall–Kier alpha value is -0.900. The maximum Gasteiger partial charge on any atom is 0.0589 e. The second-order valence-electron chi connectivity index (χ2n) is 5.18. The number of nitrogens with one attached hydrogen (secondary N) is 1. The average molecular weight is 278 g/mol. The summed E-state index contributed by atoms with van der Waals surface area (Å²) in [4.78, 5) is 2.45. The molecule has 0 bridgehead atoms. The standard InChI is InChI=1S/C17H30N2O/c1-5-18-17(16-10-8-7-9-15(16)3)11-12-19(6-2)13-14-20-4/h7-10,17-18H,5-6,11-14H2,1-4H3. The molecule has 1 N–H and O–H groups in total. The minimum Gasteiger partial charge on any atom is -0.383 e. The van der Waals surface area contributed by atoms with E-state index >= 15 is 0 Å². The van der Waals surface area contributed by atoms with Crippen LogP contribution in [0.5, 0.6) is 0 Å². The van der Waals surface area contributed by atoms with Gasteiger partial charge in [0.1, 0.15) is 0 Å². The van der Waals surface area contributed by atoms with E-state index in [1.54, 1.807) is 7.11 Å². The van der Waals surface area contributed by atoms with Crippen LogP contribution >= 0.6 is 0 Å². The van der Waals surface area contributed by atoms with Gasteiger partial charge in [0.15, 0.2) is 0 Å². The number of benzene rings is 1. The zero-order chi connectivity index (χ0) is 14.8. The van der Waals surface area contributed by atoms with Crippen LogP contribution in [0.3, 0.4) is 0 Å². The summed E-state index contributed by atoms with van der Waals surface area (Å²) in [5.41, 5.74) is 2.80. The monoisotopic (exact) mass is 278 g/mol. The Balaban J connectivity index is 2.61. The summed E-state index contributed by atoms with van der Waals surface area (Å²) in [6, 6.07) is 9.13. The second-order valence-corrected chi connectivity index (χ2v) is 5.18. The Labute approximate surface area is 124 Å². The van der Waals surface area contributed by atoms with E-state index < -0.39 is 0 Å². The Morgan fingerprint density at radius 1 is 1.20 bits per heavy atom. The molecule has 20 heavy (non-hydrogen) atoms. The fourth-order valence-electron chi connectivity index (χ4n) is 2.55. The summed E-state index contributed by atoms with van der Waals surface area (Å²) >= 11 is 0. The summed E-state index contributed by atoms with van der Waals surface area (Å²) in [6.45, 7) is 11.6. The third-order valence-electron chi connectivity index (χ3n) is 3.81. The van der Waals surface area contributed by atoms with Crippen molar-refractivity contribution in [2.45, 2.75) is 33.2 Å². The highest BCUT2D eigenvalue weighted by Crippen LogP contribution is 2.20. The third-order valence-corrected chi connectivity index (χ3v) is 3.81. The maximum atomic E-state index is 5.17. The first-order valence-electron chi connectivity index (χ1n) is 7.73. The number of hydrogen-bond donors (Lipinski definition) is 1. The molecule has 3 nitrogen and oxygen atoms in total. The lowest BCUT2D eigenvalue weighted by Gasteiger charge is -2.25. The van der Waals surface area contributed by atoms with Gasteiger partial charge in [-0.3, -0.25) is 0 Å². The van der Waals surface area contributed by atoms with Crippen molar-refractivity contribution < 1.29 is 4.74 Å². The molecule has 0 aliphatic rings. The number of hydrogen-bond acceptors (Lipinski definition) is 3. The Kier molecular flexibility index (Phi) is 8.51. The molecule has 0 spiro atoms. The molecule has 1 aromatic rings. The van der Waals surface area contributed by atoms with Crippen molar-refractivity contribution in [2.24, 2.45) is 0 Å². The van der Waals surface area contributed by atoms with Crippen molar-refractivity contribution >= 4 is 0 Å². The van der Waals surface area contributed by atoms with Gasteiger partial charge in [-0.1, -0.05) is 38.1 Å². The third kappa shape index (κ3) is 5.61. The molecule has 3 heteroatoms. The molecule has 0 saturated carbocycles. The van der Waals surface area contributed by atoms with Gasteiger partial charge in [-0.25, -0.2) is 0 Å². The van der Waals surface area contributed by atoms with Crippen LogP contribution < -0.4 is 5.32 Å². The number of rotatable bonds is 10. The molecule has 0 aliphatic carbocycles. The van der Waals surface area contributed by atoms with Gasteiger partial charge in [0.25, 0.3) is 0 Å². The zero-order valence-corrected chi connectivity index (χ0v) is 13.5. The molecule has 1 rings (SSSR count). The van der Waals surface area contributed by atoms with Crippen LogP contribution in [0.1, 0.15) is 37.4 Å². The largest absolute Gasteiger partial charge is 0.383 e. The van der Waals surface area contributed by atoms with Crippen molar-refractivity contribution in [3.05, 3.63) is 35.4 Å². The van der Waals surface area contributed by atoms with Gasteiger partial charge in [-0.15, -0.1) is 0 Å². The van der Waals surface area contributed by atoms with Gasteiger partial charge in [0.2, 0.25) is 0 Å². The van der Waals surface area contributed by atoms with Crippen molar-refractivity contribution in [3.63, 3.8) is 0 Å². The van der Waals surface area contributed by atoms with Gasteiger partial charge in [0, 0.05) is 26.2 Å². The van der Waals surface area contributed by atoms with Crippen LogP contribution in [0.25, 0.3) is 0 Å². The van der Waals surface area contributed by atoms with E-state index in [4.69, 9.17) is 4.74 Å². The molecule has 0 heterocycles. The average Bonchev–Trinajstić information content (AvgIpc) is 2.47.